The quantitative estimate of drug-likeness (QED) is 0.890. The molecule has 0 bridgehead atoms. The number of aliphatic hydroxyl groups is 1. The molecule has 5 nitrogen and oxygen atoms in total. The predicted molar refractivity (Wildman–Crippen MR) is 73.2 cm³/mol. The van der Waals surface area contributed by atoms with Gasteiger partial charge in [-0.15, -0.1) is 0 Å². The first kappa shape index (κ1) is 15.4. The van der Waals surface area contributed by atoms with Gasteiger partial charge in [0.25, 0.3) is 0 Å². The summed E-state index contributed by atoms with van der Waals surface area (Å²) < 4.78 is 39.9. The van der Waals surface area contributed by atoms with Crippen molar-refractivity contribution in [2.75, 3.05) is 26.7 Å². The van der Waals surface area contributed by atoms with Gasteiger partial charge < -0.3 is 10.0 Å². The lowest BCUT2D eigenvalue weighted by Gasteiger charge is -2.37. The Morgan fingerprint density at radius 1 is 1.40 bits per heavy atom. The minimum atomic E-state index is -3.78. The fourth-order valence-corrected chi connectivity index (χ4v) is 4.01. The molecule has 0 aliphatic carbocycles. The lowest BCUT2D eigenvalue weighted by Crippen LogP contribution is -2.51. The van der Waals surface area contributed by atoms with Crippen LogP contribution < -0.4 is 0 Å². The van der Waals surface area contributed by atoms with E-state index >= 15 is 0 Å². The zero-order chi connectivity index (χ0) is 14.9. The number of likely N-dealkylation sites (N-methyl/N-ethyl adjacent to an activating group) is 1. The Morgan fingerprint density at radius 2 is 2.10 bits per heavy atom. The molecule has 1 N–H and O–H groups in total. The molecule has 1 aromatic carbocycles. The summed E-state index contributed by atoms with van der Waals surface area (Å²) in [6.45, 7) is 2.87. The molecule has 0 amide bonds. The van der Waals surface area contributed by atoms with Crippen molar-refractivity contribution in [3.63, 3.8) is 0 Å². The summed E-state index contributed by atoms with van der Waals surface area (Å²) in [5.74, 6) is -0.622. The van der Waals surface area contributed by atoms with E-state index in [1.807, 2.05) is 14.0 Å². The first-order valence-electron chi connectivity index (χ1n) is 6.46. The smallest absolute Gasteiger partial charge is 0.243 e. The molecule has 1 aliphatic rings. The van der Waals surface area contributed by atoms with Crippen LogP contribution in [0.1, 0.15) is 12.5 Å². The zero-order valence-electron chi connectivity index (χ0n) is 11.6. The molecule has 7 heteroatoms. The summed E-state index contributed by atoms with van der Waals surface area (Å²) in [6, 6.07) is 3.53. The van der Waals surface area contributed by atoms with Crippen molar-refractivity contribution >= 4 is 10.0 Å². The second-order valence-electron chi connectivity index (χ2n) is 5.10. The maximum absolute atomic E-state index is 13.3. The van der Waals surface area contributed by atoms with Crippen LogP contribution in [-0.4, -0.2) is 55.5 Å². The van der Waals surface area contributed by atoms with Gasteiger partial charge in [-0.25, -0.2) is 12.8 Å². The summed E-state index contributed by atoms with van der Waals surface area (Å²) in [6.07, 6.45) is 0. The third-order valence-electron chi connectivity index (χ3n) is 3.74. The molecular weight excluding hydrogens is 283 g/mol. The van der Waals surface area contributed by atoms with Crippen molar-refractivity contribution in [1.82, 2.24) is 9.21 Å². The van der Waals surface area contributed by atoms with E-state index in [-0.39, 0.29) is 16.5 Å². The molecule has 1 heterocycles. The summed E-state index contributed by atoms with van der Waals surface area (Å²) in [5.41, 5.74) is 0.220. The number of benzene rings is 1. The average molecular weight is 302 g/mol. The average Bonchev–Trinajstić information content (AvgIpc) is 2.41. The highest BCUT2D eigenvalue weighted by atomic mass is 32.2. The fourth-order valence-electron chi connectivity index (χ4n) is 2.27. The van der Waals surface area contributed by atoms with E-state index in [0.717, 1.165) is 12.1 Å². The van der Waals surface area contributed by atoms with Gasteiger partial charge in [-0.05, 0) is 31.7 Å². The number of rotatable bonds is 3. The Kier molecular flexibility index (Phi) is 4.43. The molecule has 112 valence electrons. The van der Waals surface area contributed by atoms with Crippen LogP contribution in [0, 0.1) is 5.82 Å². The number of hydrogen-bond acceptors (Lipinski definition) is 4. The normalized spacial score (nSPS) is 22.1. The Hall–Kier alpha value is -1.02. The molecule has 0 aromatic heterocycles. The van der Waals surface area contributed by atoms with Crippen molar-refractivity contribution in [2.45, 2.75) is 24.5 Å². The molecule has 1 atom stereocenters. The highest BCUT2D eigenvalue weighted by Gasteiger charge is 2.32. The zero-order valence-corrected chi connectivity index (χ0v) is 12.4. The molecule has 20 heavy (non-hydrogen) atoms. The molecule has 1 fully saturated rings. The van der Waals surface area contributed by atoms with Gasteiger partial charge >= 0.3 is 0 Å². The van der Waals surface area contributed by atoms with Crippen LogP contribution >= 0.6 is 0 Å². The van der Waals surface area contributed by atoms with Gasteiger partial charge in [-0.2, -0.15) is 4.31 Å². The number of piperazine rings is 1. The molecule has 0 spiro atoms. The van der Waals surface area contributed by atoms with Gasteiger partial charge in [-0.3, -0.25) is 0 Å². The first-order valence-corrected chi connectivity index (χ1v) is 7.90. The summed E-state index contributed by atoms with van der Waals surface area (Å²) in [5, 5.41) is 9.25. The highest BCUT2D eigenvalue weighted by molar-refractivity contribution is 7.89. The van der Waals surface area contributed by atoms with Gasteiger partial charge in [0.1, 0.15) is 5.82 Å². The van der Waals surface area contributed by atoms with E-state index in [1.165, 1.54) is 10.4 Å². The standard InChI is InChI=1S/C13H19FN2O3S/c1-10-8-16(6-5-15(10)2)20(18,19)13-7-12(14)4-3-11(13)9-17/h3-4,7,10,17H,5-6,8-9H2,1-2H3. The second kappa shape index (κ2) is 5.77. The van der Waals surface area contributed by atoms with Crippen molar-refractivity contribution < 1.29 is 17.9 Å². The van der Waals surface area contributed by atoms with E-state index in [1.54, 1.807) is 0 Å². The Morgan fingerprint density at radius 3 is 2.70 bits per heavy atom. The van der Waals surface area contributed by atoms with E-state index in [2.05, 4.69) is 4.90 Å². The third-order valence-corrected chi connectivity index (χ3v) is 5.69. The lowest BCUT2D eigenvalue weighted by molar-refractivity contribution is 0.159. The molecule has 1 saturated heterocycles. The SMILES string of the molecule is CC1CN(S(=O)(=O)c2cc(F)ccc2CO)CCN1C. The number of aliphatic hydroxyl groups excluding tert-OH is 1. The van der Waals surface area contributed by atoms with Crippen LogP contribution in [0.15, 0.2) is 23.1 Å². The summed E-state index contributed by atoms with van der Waals surface area (Å²) in [7, 11) is -1.84. The highest BCUT2D eigenvalue weighted by Crippen LogP contribution is 2.23. The minimum Gasteiger partial charge on any atom is -0.392 e. The van der Waals surface area contributed by atoms with Gasteiger partial charge in [-0.1, -0.05) is 6.07 Å². The van der Waals surface area contributed by atoms with Gasteiger partial charge in [0, 0.05) is 25.7 Å². The van der Waals surface area contributed by atoms with E-state index in [0.29, 0.717) is 19.6 Å². The van der Waals surface area contributed by atoms with Gasteiger partial charge in [0.15, 0.2) is 0 Å². The topological polar surface area (TPSA) is 60.9 Å². The third kappa shape index (κ3) is 2.85. The Bertz CT molecular complexity index is 591. The molecule has 1 aliphatic heterocycles. The summed E-state index contributed by atoms with van der Waals surface area (Å²) >= 11 is 0. The Labute approximate surface area is 118 Å². The Balaban J connectivity index is 2.38. The maximum atomic E-state index is 13.3. The predicted octanol–water partition coefficient (Wildman–Crippen LogP) is 0.643. The van der Waals surface area contributed by atoms with Crippen molar-refractivity contribution in [1.29, 1.82) is 0 Å². The van der Waals surface area contributed by atoms with Crippen molar-refractivity contribution in [2.24, 2.45) is 0 Å². The summed E-state index contributed by atoms with van der Waals surface area (Å²) in [4.78, 5) is 1.93. The van der Waals surface area contributed by atoms with E-state index in [4.69, 9.17) is 0 Å². The lowest BCUT2D eigenvalue weighted by atomic mass is 10.2. The maximum Gasteiger partial charge on any atom is 0.243 e. The van der Waals surface area contributed by atoms with E-state index < -0.39 is 22.4 Å². The molecule has 0 radical (unpaired) electrons. The minimum absolute atomic E-state index is 0.102. The van der Waals surface area contributed by atoms with Crippen LogP contribution in [-0.2, 0) is 16.6 Å². The molecule has 2 rings (SSSR count). The van der Waals surface area contributed by atoms with E-state index in [9.17, 15) is 17.9 Å². The van der Waals surface area contributed by atoms with Crippen LogP contribution in [0.2, 0.25) is 0 Å². The number of nitrogens with zero attached hydrogens (tertiary/aromatic N) is 2. The van der Waals surface area contributed by atoms with Crippen molar-refractivity contribution in [3.8, 4) is 0 Å². The van der Waals surface area contributed by atoms with Crippen molar-refractivity contribution in [3.05, 3.63) is 29.6 Å². The fraction of sp³-hybridized carbons (Fsp3) is 0.538. The van der Waals surface area contributed by atoms with Gasteiger partial charge in [0.05, 0.1) is 11.5 Å². The molecular formula is C13H19FN2O3S. The molecule has 1 aromatic rings. The second-order valence-corrected chi connectivity index (χ2v) is 7.01. The number of hydrogen-bond donors (Lipinski definition) is 1. The number of halogens is 1. The molecule has 0 saturated carbocycles. The van der Waals surface area contributed by atoms with Crippen LogP contribution in [0.5, 0.6) is 0 Å². The van der Waals surface area contributed by atoms with Gasteiger partial charge in [0.2, 0.25) is 10.0 Å². The monoisotopic (exact) mass is 302 g/mol. The van der Waals surface area contributed by atoms with Crippen LogP contribution in [0.3, 0.4) is 0 Å². The number of sulfonamides is 1. The van der Waals surface area contributed by atoms with Crippen LogP contribution in [0.25, 0.3) is 0 Å². The van der Waals surface area contributed by atoms with Crippen LogP contribution in [0.4, 0.5) is 4.39 Å². The first-order chi connectivity index (χ1) is 9.36. The largest absolute Gasteiger partial charge is 0.392 e. The molecule has 1 unspecified atom stereocenters.